The minimum Gasteiger partial charge on any atom is -0.462 e. The van der Waals surface area contributed by atoms with Crippen LogP contribution in [0.1, 0.15) is 310 Å². The molecule has 0 saturated heterocycles. The summed E-state index contributed by atoms with van der Waals surface area (Å²) in [5.74, 6) is -0.0236. The van der Waals surface area contributed by atoms with Crippen molar-refractivity contribution in [2.75, 3.05) is 13.2 Å². The molecule has 0 aliphatic carbocycles. The summed E-state index contributed by atoms with van der Waals surface area (Å²) in [4.78, 5) is 38.0. The number of unbranched alkanes of at least 4 members (excludes halogenated alkanes) is 37. The molecule has 0 radical (unpaired) electrons. The van der Waals surface area contributed by atoms with E-state index in [1.165, 1.54) is 205 Å². The van der Waals surface area contributed by atoms with E-state index in [0.29, 0.717) is 19.3 Å². The van der Waals surface area contributed by atoms with Gasteiger partial charge in [-0.1, -0.05) is 272 Å². The summed E-state index contributed by atoms with van der Waals surface area (Å²) in [7, 11) is 0. The van der Waals surface area contributed by atoms with Crippen molar-refractivity contribution in [1.29, 1.82) is 0 Å². The van der Waals surface area contributed by atoms with Gasteiger partial charge < -0.3 is 14.2 Å². The van der Waals surface area contributed by atoms with Crippen molar-refractivity contribution in [2.45, 2.75) is 316 Å². The highest BCUT2D eigenvalue weighted by molar-refractivity contribution is 5.71. The molecule has 61 heavy (non-hydrogen) atoms. The Morgan fingerprint density at radius 3 is 0.803 bits per heavy atom. The first-order valence-corrected chi connectivity index (χ1v) is 27.4. The SMILES string of the molecule is CCCCCCCCCCCCCCCCCCCCCC(=O)O[C@H](COC(=O)CCCCCCCCCCCCC)COC(=O)CCCCCCCCCCCCC(C)C. The van der Waals surface area contributed by atoms with Crippen molar-refractivity contribution in [3.8, 4) is 0 Å². The van der Waals surface area contributed by atoms with E-state index in [9.17, 15) is 14.4 Å². The van der Waals surface area contributed by atoms with Gasteiger partial charge >= 0.3 is 17.9 Å². The summed E-state index contributed by atoms with van der Waals surface area (Å²) >= 11 is 0. The molecule has 0 unspecified atom stereocenters. The number of esters is 3. The Bertz CT molecular complexity index is 918. The van der Waals surface area contributed by atoms with Gasteiger partial charge in [0.15, 0.2) is 6.10 Å². The van der Waals surface area contributed by atoms with E-state index in [2.05, 4.69) is 27.7 Å². The zero-order valence-electron chi connectivity index (χ0n) is 41.6. The van der Waals surface area contributed by atoms with E-state index >= 15 is 0 Å². The molecule has 0 saturated carbocycles. The van der Waals surface area contributed by atoms with Gasteiger partial charge in [0, 0.05) is 19.3 Å². The average Bonchev–Trinajstić information content (AvgIpc) is 3.24. The molecular formula is C55H106O6. The van der Waals surface area contributed by atoms with Crippen LogP contribution in [0, 0.1) is 5.92 Å². The first-order chi connectivity index (χ1) is 29.9. The van der Waals surface area contributed by atoms with Gasteiger partial charge in [0.2, 0.25) is 0 Å². The molecule has 0 rings (SSSR count). The molecule has 0 N–H and O–H groups in total. The van der Waals surface area contributed by atoms with Crippen molar-refractivity contribution < 1.29 is 28.6 Å². The van der Waals surface area contributed by atoms with Crippen molar-refractivity contribution in [3.05, 3.63) is 0 Å². The quantitative estimate of drug-likeness (QED) is 0.0344. The standard InChI is InChI=1S/C55H106O6/c1-5-7-9-11-13-15-17-18-19-20-21-22-23-24-26-32-36-40-44-48-55(58)61-52(49-59-53(56)46-42-38-34-30-25-16-14-12-10-8-6-2)50-60-54(57)47-43-39-35-31-28-27-29-33-37-41-45-51(3)4/h51-52H,5-50H2,1-4H3/t52-/m1/s1. The first kappa shape index (κ1) is 59.4. The van der Waals surface area contributed by atoms with Crippen LogP contribution in [-0.2, 0) is 28.6 Å². The topological polar surface area (TPSA) is 78.9 Å². The smallest absolute Gasteiger partial charge is 0.306 e. The molecule has 0 aromatic heterocycles. The zero-order chi connectivity index (χ0) is 44.5. The highest BCUT2D eigenvalue weighted by Gasteiger charge is 2.19. The molecule has 0 aromatic rings. The van der Waals surface area contributed by atoms with E-state index in [-0.39, 0.29) is 31.1 Å². The van der Waals surface area contributed by atoms with Crippen LogP contribution >= 0.6 is 0 Å². The molecule has 0 heterocycles. The minimum absolute atomic E-state index is 0.0627. The highest BCUT2D eigenvalue weighted by atomic mass is 16.6. The monoisotopic (exact) mass is 863 g/mol. The number of rotatable bonds is 50. The van der Waals surface area contributed by atoms with Gasteiger partial charge in [-0.3, -0.25) is 14.4 Å². The molecule has 0 amide bonds. The summed E-state index contributed by atoms with van der Waals surface area (Å²) in [6.07, 6.45) is 52.4. The Kier molecular flexibility index (Phi) is 48.1. The normalized spacial score (nSPS) is 12.0. The number of hydrogen-bond donors (Lipinski definition) is 0. The second-order valence-corrected chi connectivity index (χ2v) is 19.3. The molecule has 0 aliphatic rings. The summed E-state index contributed by atoms with van der Waals surface area (Å²) in [6.45, 7) is 9.02. The lowest BCUT2D eigenvalue weighted by molar-refractivity contribution is -0.167. The third kappa shape index (κ3) is 49.3. The van der Waals surface area contributed by atoms with E-state index in [4.69, 9.17) is 14.2 Å². The second kappa shape index (κ2) is 49.4. The van der Waals surface area contributed by atoms with Gasteiger partial charge in [-0.25, -0.2) is 0 Å². The molecule has 0 aliphatic heterocycles. The number of carbonyl (C=O) groups excluding carboxylic acids is 3. The largest absolute Gasteiger partial charge is 0.462 e. The lowest BCUT2D eigenvalue weighted by Crippen LogP contribution is -2.30. The van der Waals surface area contributed by atoms with Crippen LogP contribution in [0.3, 0.4) is 0 Å². The fourth-order valence-corrected chi connectivity index (χ4v) is 8.39. The number of carbonyl (C=O) groups is 3. The summed E-state index contributed by atoms with van der Waals surface area (Å²) in [5, 5.41) is 0. The molecular weight excluding hydrogens is 757 g/mol. The lowest BCUT2D eigenvalue weighted by Gasteiger charge is -2.18. The number of hydrogen-bond acceptors (Lipinski definition) is 6. The van der Waals surface area contributed by atoms with Gasteiger partial charge in [-0.2, -0.15) is 0 Å². The van der Waals surface area contributed by atoms with Crippen LogP contribution in [0.5, 0.6) is 0 Å². The molecule has 362 valence electrons. The maximum Gasteiger partial charge on any atom is 0.306 e. The van der Waals surface area contributed by atoms with Crippen LogP contribution in [-0.4, -0.2) is 37.2 Å². The molecule has 0 fully saturated rings. The van der Waals surface area contributed by atoms with E-state index in [1.807, 2.05) is 0 Å². The van der Waals surface area contributed by atoms with Gasteiger partial charge in [0.25, 0.3) is 0 Å². The molecule has 0 bridgehead atoms. The predicted molar refractivity (Wildman–Crippen MR) is 261 cm³/mol. The van der Waals surface area contributed by atoms with E-state index < -0.39 is 6.10 Å². The number of ether oxygens (including phenoxy) is 3. The summed E-state index contributed by atoms with van der Waals surface area (Å²) in [6, 6.07) is 0. The Morgan fingerprint density at radius 2 is 0.541 bits per heavy atom. The zero-order valence-corrected chi connectivity index (χ0v) is 41.6. The van der Waals surface area contributed by atoms with E-state index in [1.54, 1.807) is 0 Å². The summed E-state index contributed by atoms with van der Waals surface area (Å²) < 4.78 is 16.8. The van der Waals surface area contributed by atoms with Crippen molar-refractivity contribution >= 4 is 17.9 Å². The third-order valence-corrected chi connectivity index (χ3v) is 12.5. The Morgan fingerprint density at radius 1 is 0.311 bits per heavy atom. The first-order valence-electron chi connectivity index (χ1n) is 27.4. The van der Waals surface area contributed by atoms with Gasteiger partial charge in [0.1, 0.15) is 13.2 Å². The summed E-state index contributed by atoms with van der Waals surface area (Å²) in [5.41, 5.74) is 0. The maximum atomic E-state index is 12.8. The minimum atomic E-state index is -0.761. The Labute approximate surface area is 380 Å². The molecule has 1 atom stereocenters. The van der Waals surface area contributed by atoms with Gasteiger partial charge in [-0.15, -0.1) is 0 Å². The van der Waals surface area contributed by atoms with Crippen molar-refractivity contribution in [2.24, 2.45) is 5.92 Å². The Hall–Kier alpha value is -1.59. The highest BCUT2D eigenvalue weighted by Crippen LogP contribution is 2.17. The predicted octanol–water partition coefficient (Wildman–Crippen LogP) is 17.8. The van der Waals surface area contributed by atoms with Crippen LogP contribution in [0.4, 0.5) is 0 Å². The van der Waals surface area contributed by atoms with Crippen molar-refractivity contribution in [1.82, 2.24) is 0 Å². The molecule has 6 heteroatoms. The van der Waals surface area contributed by atoms with Gasteiger partial charge in [-0.05, 0) is 25.2 Å². The fourth-order valence-electron chi connectivity index (χ4n) is 8.39. The molecule has 6 nitrogen and oxygen atoms in total. The Balaban J connectivity index is 4.26. The van der Waals surface area contributed by atoms with E-state index in [0.717, 1.165) is 63.7 Å². The van der Waals surface area contributed by atoms with Gasteiger partial charge in [0.05, 0.1) is 0 Å². The maximum absolute atomic E-state index is 12.8. The third-order valence-electron chi connectivity index (χ3n) is 12.5. The second-order valence-electron chi connectivity index (χ2n) is 19.3. The van der Waals surface area contributed by atoms with Crippen LogP contribution in [0.2, 0.25) is 0 Å². The molecule has 0 aromatic carbocycles. The van der Waals surface area contributed by atoms with Crippen LogP contribution in [0.25, 0.3) is 0 Å². The fraction of sp³-hybridized carbons (Fsp3) is 0.945. The van der Waals surface area contributed by atoms with Crippen LogP contribution < -0.4 is 0 Å². The molecule has 0 spiro atoms. The average molecular weight is 863 g/mol. The van der Waals surface area contributed by atoms with Crippen molar-refractivity contribution in [3.63, 3.8) is 0 Å². The lowest BCUT2D eigenvalue weighted by atomic mass is 10.0. The van der Waals surface area contributed by atoms with Crippen LogP contribution in [0.15, 0.2) is 0 Å².